The van der Waals surface area contributed by atoms with Gasteiger partial charge in [0.1, 0.15) is 11.4 Å². The number of aryl methyl sites for hydroxylation is 2. The minimum atomic E-state index is -1.08. The van der Waals surface area contributed by atoms with Gasteiger partial charge in [-0.2, -0.15) is 0 Å². The fraction of sp³-hybridized carbons (Fsp3) is 0.308. The van der Waals surface area contributed by atoms with Crippen molar-refractivity contribution in [2.45, 2.75) is 20.4 Å². The van der Waals surface area contributed by atoms with Gasteiger partial charge in [0.05, 0.1) is 7.11 Å². The van der Waals surface area contributed by atoms with Crippen LogP contribution in [-0.2, 0) is 6.54 Å². The number of carboxylic acids is 1. The first-order valence-electron chi connectivity index (χ1n) is 5.90. The molecular weight excluding hydrogens is 246 g/mol. The minimum absolute atomic E-state index is 0.0357. The maximum absolute atomic E-state index is 11.2. The Hall–Kier alpha value is -2.37. The lowest BCUT2D eigenvalue weighted by Crippen LogP contribution is -2.03. The van der Waals surface area contributed by atoms with Gasteiger partial charge in [-0.1, -0.05) is 5.21 Å². The number of nitrogens with zero attached hydrogens (tertiary/aromatic N) is 3. The maximum Gasteiger partial charge on any atom is 0.358 e. The summed E-state index contributed by atoms with van der Waals surface area (Å²) in [6.45, 7) is 4.35. The van der Waals surface area contributed by atoms with Crippen LogP contribution in [0, 0.1) is 6.92 Å². The zero-order chi connectivity index (χ0) is 14.0. The standard InChI is InChI=1S/C13H15N3O3/c1-4-16-12(11(13(17)18)14-15-16)9-5-6-10(19-3)8(2)7-9/h5-7H,4H2,1-3H3,(H,17,18). The topological polar surface area (TPSA) is 77.2 Å². The van der Waals surface area contributed by atoms with E-state index in [-0.39, 0.29) is 5.69 Å². The number of hydrogen-bond acceptors (Lipinski definition) is 4. The Morgan fingerprint density at radius 2 is 2.21 bits per heavy atom. The molecule has 1 aromatic carbocycles. The molecule has 0 aliphatic carbocycles. The van der Waals surface area contributed by atoms with Crippen LogP contribution >= 0.6 is 0 Å². The highest BCUT2D eigenvalue weighted by atomic mass is 16.5. The molecule has 0 saturated carbocycles. The lowest BCUT2D eigenvalue weighted by Gasteiger charge is -2.09. The Kier molecular flexibility index (Phi) is 3.50. The van der Waals surface area contributed by atoms with Crippen molar-refractivity contribution in [3.05, 3.63) is 29.5 Å². The molecular formula is C13H15N3O3. The third kappa shape index (κ3) is 2.29. The number of aromatic nitrogens is 3. The average Bonchev–Trinajstić information content (AvgIpc) is 2.82. The smallest absolute Gasteiger partial charge is 0.358 e. The Balaban J connectivity index is 2.60. The lowest BCUT2D eigenvalue weighted by atomic mass is 10.1. The van der Waals surface area contributed by atoms with Crippen LogP contribution in [0.2, 0.25) is 0 Å². The van der Waals surface area contributed by atoms with E-state index in [1.807, 2.05) is 32.0 Å². The SMILES string of the molecule is CCn1nnc(C(=O)O)c1-c1ccc(OC)c(C)c1. The summed E-state index contributed by atoms with van der Waals surface area (Å²) in [7, 11) is 1.60. The van der Waals surface area contributed by atoms with E-state index < -0.39 is 5.97 Å². The summed E-state index contributed by atoms with van der Waals surface area (Å²) in [6, 6.07) is 5.49. The van der Waals surface area contributed by atoms with Crippen molar-refractivity contribution in [1.29, 1.82) is 0 Å². The molecule has 2 aromatic rings. The van der Waals surface area contributed by atoms with E-state index in [1.165, 1.54) is 0 Å². The molecule has 0 fully saturated rings. The van der Waals surface area contributed by atoms with Crippen molar-refractivity contribution in [3.63, 3.8) is 0 Å². The molecule has 0 bridgehead atoms. The zero-order valence-electron chi connectivity index (χ0n) is 11.0. The second kappa shape index (κ2) is 5.09. The van der Waals surface area contributed by atoms with E-state index in [1.54, 1.807) is 11.8 Å². The Bertz CT molecular complexity index is 620. The summed E-state index contributed by atoms with van der Waals surface area (Å²) < 4.78 is 6.77. The van der Waals surface area contributed by atoms with E-state index in [4.69, 9.17) is 9.84 Å². The molecule has 2 rings (SSSR count). The van der Waals surface area contributed by atoms with Crippen molar-refractivity contribution in [1.82, 2.24) is 15.0 Å². The fourth-order valence-electron chi connectivity index (χ4n) is 1.99. The molecule has 6 heteroatoms. The third-order valence-electron chi connectivity index (χ3n) is 2.91. The van der Waals surface area contributed by atoms with Gasteiger partial charge in [-0.3, -0.25) is 0 Å². The van der Waals surface area contributed by atoms with Crippen LogP contribution in [-0.4, -0.2) is 33.2 Å². The van der Waals surface area contributed by atoms with Gasteiger partial charge >= 0.3 is 5.97 Å². The molecule has 19 heavy (non-hydrogen) atoms. The van der Waals surface area contributed by atoms with Crippen LogP contribution in [0.5, 0.6) is 5.75 Å². The summed E-state index contributed by atoms with van der Waals surface area (Å²) in [5, 5.41) is 16.7. The highest BCUT2D eigenvalue weighted by Crippen LogP contribution is 2.27. The van der Waals surface area contributed by atoms with E-state index in [0.29, 0.717) is 12.2 Å². The number of rotatable bonds is 4. The second-order valence-corrected chi connectivity index (χ2v) is 4.09. The predicted molar refractivity (Wildman–Crippen MR) is 69.4 cm³/mol. The van der Waals surface area contributed by atoms with E-state index in [0.717, 1.165) is 16.9 Å². The number of methoxy groups -OCH3 is 1. The van der Waals surface area contributed by atoms with Gasteiger partial charge in [0, 0.05) is 12.1 Å². The fourth-order valence-corrected chi connectivity index (χ4v) is 1.99. The number of ether oxygens (including phenoxy) is 1. The number of aromatic carboxylic acids is 1. The van der Waals surface area contributed by atoms with Gasteiger partial charge < -0.3 is 9.84 Å². The Labute approximate surface area is 110 Å². The molecule has 100 valence electrons. The lowest BCUT2D eigenvalue weighted by molar-refractivity contribution is 0.0691. The molecule has 0 spiro atoms. The molecule has 0 amide bonds. The molecule has 0 aliphatic heterocycles. The van der Waals surface area contributed by atoms with Crippen LogP contribution < -0.4 is 4.74 Å². The molecule has 0 atom stereocenters. The first-order chi connectivity index (χ1) is 9.08. The van der Waals surface area contributed by atoms with Crippen molar-refractivity contribution in [2.75, 3.05) is 7.11 Å². The van der Waals surface area contributed by atoms with Gasteiger partial charge in [0.15, 0.2) is 5.69 Å². The number of carbonyl (C=O) groups is 1. The first kappa shape index (κ1) is 13.1. The van der Waals surface area contributed by atoms with Crippen molar-refractivity contribution >= 4 is 5.97 Å². The molecule has 0 saturated heterocycles. The molecule has 6 nitrogen and oxygen atoms in total. The summed E-state index contributed by atoms with van der Waals surface area (Å²) in [6.07, 6.45) is 0. The highest BCUT2D eigenvalue weighted by Gasteiger charge is 2.20. The van der Waals surface area contributed by atoms with Gasteiger partial charge in [0.2, 0.25) is 0 Å². The minimum Gasteiger partial charge on any atom is -0.496 e. The summed E-state index contributed by atoms with van der Waals surface area (Å²) in [5.74, 6) is -0.320. The monoisotopic (exact) mass is 261 g/mol. The van der Waals surface area contributed by atoms with Gasteiger partial charge in [-0.25, -0.2) is 9.48 Å². The first-order valence-corrected chi connectivity index (χ1v) is 5.90. The summed E-state index contributed by atoms with van der Waals surface area (Å²) in [4.78, 5) is 11.2. The van der Waals surface area contributed by atoms with Crippen LogP contribution in [0.1, 0.15) is 23.0 Å². The quantitative estimate of drug-likeness (QED) is 0.910. The van der Waals surface area contributed by atoms with E-state index in [2.05, 4.69) is 10.3 Å². The van der Waals surface area contributed by atoms with Crippen LogP contribution in [0.15, 0.2) is 18.2 Å². The highest BCUT2D eigenvalue weighted by molar-refractivity contribution is 5.92. The van der Waals surface area contributed by atoms with Crippen LogP contribution in [0.4, 0.5) is 0 Å². The largest absolute Gasteiger partial charge is 0.496 e. The Morgan fingerprint density at radius 1 is 1.47 bits per heavy atom. The zero-order valence-corrected chi connectivity index (χ0v) is 11.0. The van der Waals surface area contributed by atoms with Crippen LogP contribution in [0.25, 0.3) is 11.3 Å². The number of carboxylic acid groups (broad SMARTS) is 1. The average molecular weight is 261 g/mol. The summed E-state index contributed by atoms with van der Waals surface area (Å²) in [5.41, 5.74) is 2.18. The molecule has 0 radical (unpaired) electrons. The molecule has 1 aromatic heterocycles. The second-order valence-electron chi connectivity index (χ2n) is 4.09. The third-order valence-corrected chi connectivity index (χ3v) is 2.91. The normalized spacial score (nSPS) is 10.5. The van der Waals surface area contributed by atoms with Gasteiger partial charge in [-0.15, -0.1) is 5.10 Å². The summed E-state index contributed by atoms with van der Waals surface area (Å²) >= 11 is 0. The molecule has 1 N–H and O–H groups in total. The molecule has 1 heterocycles. The predicted octanol–water partition coefficient (Wildman–Crippen LogP) is 1.98. The van der Waals surface area contributed by atoms with Gasteiger partial charge in [-0.05, 0) is 37.6 Å². The van der Waals surface area contributed by atoms with Gasteiger partial charge in [0.25, 0.3) is 0 Å². The molecule has 0 aliphatic rings. The Morgan fingerprint density at radius 3 is 2.74 bits per heavy atom. The number of benzene rings is 1. The molecule has 0 unspecified atom stereocenters. The van der Waals surface area contributed by atoms with E-state index in [9.17, 15) is 4.79 Å². The van der Waals surface area contributed by atoms with Crippen LogP contribution in [0.3, 0.4) is 0 Å². The van der Waals surface area contributed by atoms with Crippen molar-refractivity contribution in [2.24, 2.45) is 0 Å². The van der Waals surface area contributed by atoms with Crippen molar-refractivity contribution < 1.29 is 14.6 Å². The van der Waals surface area contributed by atoms with Crippen molar-refractivity contribution in [3.8, 4) is 17.0 Å². The maximum atomic E-state index is 11.2. The number of hydrogen-bond donors (Lipinski definition) is 1. The van der Waals surface area contributed by atoms with E-state index >= 15 is 0 Å².